The second-order valence-electron chi connectivity index (χ2n) is 5.92. The third-order valence-electron chi connectivity index (χ3n) is 4.07. The first-order chi connectivity index (χ1) is 13.4. The number of halogens is 2. The second-order valence-corrected chi connectivity index (χ2v) is 7.00. The average molecular weight is 497 g/mol. The molecule has 7 nitrogen and oxygen atoms in total. The lowest BCUT2D eigenvalue weighted by Crippen LogP contribution is -2.25. The molecule has 0 unspecified atom stereocenters. The minimum Gasteiger partial charge on any atom is -0.478 e. The number of hydrogen-bond donors (Lipinski definition) is 1. The predicted molar refractivity (Wildman–Crippen MR) is 108 cm³/mol. The van der Waals surface area contributed by atoms with E-state index in [9.17, 15) is 19.1 Å². The largest absolute Gasteiger partial charge is 0.478 e. The Morgan fingerprint density at radius 3 is 2.61 bits per heavy atom. The number of rotatable bonds is 7. The van der Waals surface area contributed by atoms with Crippen LogP contribution in [0.2, 0.25) is 0 Å². The van der Waals surface area contributed by atoms with E-state index in [2.05, 4.69) is 5.10 Å². The van der Waals surface area contributed by atoms with Crippen LogP contribution >= 0.6 is 22.6 Å². The van der Waals surface area contributed by atoms with Gasteiger partial charge in [-0.05, 0) is 41.1 Å². The lowest BCUT2D eigenvalue weighted by molar-refractivity contribution is 0.0695. The average Bonchev–Trinajstić information content (AvgIpc) is 2.99. The van der Waals surface area contributed by atoms with E-state index in [1.165, 1.54) is 4.57 Å². The molecular weight excluding hydrogens is 480 g/mol. The van der Waals surface area contributed by atoms with Gasteiger partial charge in [0.05, 0.1) is 21.4 Å². The topological polar surface area (TPSA) is 86.3 Å². The highest BCUT2D eigenvalue weighted by Crippen LogP contribution is 2.22. The Hall–Kier alpha value is -2.53. The lowest BCUT2D eigenvalue weighted by atomic mass is 10.2. The van der Waals surface area contributed by atoms with Crippen LogP contribution in [0.15, 0.2) is 47.3 Å². The monoisotopic (exact) mass is 497 g/mol. The summed E-state index contributed by atoms with van der Waals surface area (Å²) in [6.07, 6.45) is 0. The van der Waals surface area contributed by atoms with Crippen LogP contribution in [0.3, 0.4) is 0 Å². The molecule has 0 saturated carbocycles. The summed E-state index contributed by atoms with van der Waals surface area (Å²) in [4.78, 5) is 24.1. The molecule has 3 rings (SSSR count). The molecule has 0 radical (unpaired) electrons. The van der Waals surface area contributed by atoms with Crippen molar-refractivity contribution >= 4 is 28.6 Å². The van der Waals surface area contributed by atoms with Gasteiger partial charge in [-0.25, -0.2) is 14.0 Å². The van der Waals surface area contributed by atoms with Gasteiger partial charge in [0.25, 0.3) is 0 Å². The minimum absolute atomic E-state index is 0.0829. The Morgan fingerprint density at radius 2 is 1.96 bits per heavy atom. The third-order valence-corrected chi connectivity index (χ3v) is 5.21. The van der Waals surface area contributed by atoms with Gasteiger partial charge in [-0.1, -0.05) is 30.3 Å². The number of ether oxygens (including phenoxy) is 1. The number of carboxylic acids is 1. The van der Waals surface area contributed by atoms with E-state index in [1.54, 1.807) is 29.5 Å². The quantitative estimate of drug-likeness (QED) is 0.507. The van der Waals surface area contributed by atoms with Crippen LogP contribution < -0.4 is 5.69 Å². The number of carboxylic acid groups (broad SMARTS) is 1. The molecule has 1 heterocycles. The summed E-state index contributed by atoms with van der Waals surface area (Å²) in [6.45, 7) is 2.57. The first kappa shape index (κ1) is 20.2. The minimum atomic E-state index is -1.28. The molecule has 1 N–H and O–H groups in total. The van der Waals surface area contributed by atoms with Gasteiger partial charge < -0.3 is 9.84 Å². The van der Waals surface area contributed by atoms with Crippen molar-refractivity contribution < 1.29 is 19.0 Å². The number of benzene rings is 2. The summed E-state index contributed by atoms with van der Waals surface area (Å²) in [5.41, 5.74) is 0.355. The standard InChI is InChI=1S/C19H17FIN3O4/c1-2-23-16(11-28-10-12-6-4-3-5-7-12)22-24(19(23)27)15-9-13(20)8-14(17(15)21)18(25)26/h3-9H,2,10-11H2,1H3,(H,25,26). The SMILES string of the molecule is CCn1c(COCc2ccccc2)nn(-c2cc(F)cc(C(=O)O)c2I)c1=O. The molecule has 2 aromatic carbocycles. The number of hydrogen-bond acceptors (Lipinski definition) is 4. The van der Waals surface area contributed by atoms with Crippen molar-refractivity contribution in [2.45, 2.75) is 26.7 Å². The van der Waals surface area contributed by atoms with Gasteiger partial charge in [-0.15, -0.1) is 5.10 Å². The maximum absolute atomic E-state index is 13.9. The summed E-state index contributed by atoms with van der Waals surface area (Å²) in [5.74, 6) is -1.66. The Kier molecular flexibility index (Phi) is 6.25. The molecule has 0 saturated heterocycles. The van der Waals surface area contributed by atoms with Crippen LogP contribution in [0, 0.1) is 9.39 Å². The smallest absolute Gasteiger partial charge is 0.350 e. The van der Waals surface area contributed by atoms with Crippen molar-refractivity contribution in [3.05, 3.63) is 79.3 Å². The molecule has 0 spiro atoms. The normalized spacial score (nSPS) is 11.0. The fraction of sp³-hybridized carbons (Fsp3) is 0.211. The van der Waals surface area contributed by atoms with Gasteiger partial charge in [0.2, 0.25) is 0 Å². The van der Waals surface area contributed by atoms with E-state index in [-0.39, 0.29) is 21.4 Å². The van der Waals surface area contributed by atoms with E-state index < -0.39 is 17.5 Å². The van der Waals surface area contributed by atoms with Crippen molar-refractivity contribution in [1.82, 2.24) is 14.3 Å². The Labute approximate surface area is 173 Å². The number of aromatic nitrogens is 3. The van der Waals surface area contributed by atoms with E-state index in [1.807, 2.05) is 30.3 Å². The molecule has 0 aliphatic heterocycles. The molecule has 9 heteroatoms. The van der Waals surface area contributed by atoms with Crippen LogP contribution in [-0.2, 0) is 24.5 Å². The molecule has 1 aromatic heterocycles. The van der Waals surface area contributed by atoms with Crippen LogP contribution in [-0.4, -0.2) is 25.4 Å². The Bertz CT molecular complexity index is 1060. The molecule has 28 heavy (non-hydrogen) atoms. The number of nitrogens with zero attached hydrogens (tertiary/aromatic N) is 3. The molecule has 0 aliphatic carbocycles. The maximum atomic E-state index is 13.9. The lowest BCUT2D eigenvalue weighted by Gasteiger charge is -2.07. The highest BCUT2D eigenvalue weighted by atomic mass is 127. The molecule has 0 aliphatic rings. The van der Waals surface area contributed by atoms with E-state index in [0.29, 0.717) is 19.0 Å². The molecule has 0 fully saturated rings. The van der Waals surface area contributed by atoms with Crippen LogP contribution in [0.1, 0.15) is 28.7 Å². The first-order valence-corrected chi connectivity index (χ1v) is 9.53. The molecule has 0 atom stereocenters. The second kappa shape index (κ2) is 8.65. The van der Waals surface area contributed by atoms with Crippen molar-refractivity contribution in [2.24, 2.45) is 0 Å². The van der Waals surface area contributed by atoms with E-state index in [0.717, 1.165) is 22.4 Å². The fourth-order valence-electron chi connectivity index (χ4n) is 2.74. The maximum Gasteiger partial charge on any atom is 0.350 e. The van der Waals surface area contributed by atoms with Gasteiger partial charge in [-0.2, -0.15) is 4.68 Å². The zero-order valence-electron chi connectivity index (χ0n) is 14.9. The Balaban J connectivity index is 1.94. The van der Waals surface area contributed by atoms with E-state index >= 15 is 0 Å². The predicted octanol–water partition coefficient (Wildman–Crippen LogP) is 3.21. The first-order valence-electron chi connectivity index (χ1n) is 8.45. The van der Waals surface area contributed by atoms with Crippen LogP contribution in [0.5, 0.6) is 0 Å². The molecule has 3 aromatic rings. The van der Waals surface area contributed by atoms with Crippen molar-refractivity contribution in [2.75, 3.05) is 0 Å². The fourth-order valence-corrected chi connectivity index (χ4v) is 3.51. The summed E-state index contributed by atoms with van der Waals surface area (Å²) < 4.78 is 22.2. The zero-order chi connectivity index (χ0) is 20.3. The van der Waals surface area contributed by atoms with Gasteiger partial charge in [0, 0.05) is 12.6 Å². The molecular formula is C19H17FIN3O4. The number of aromatic carboxylic acids is 1. The summed E-state index contributed by atoms with van der Waals surface area (Å²) in [6, 6.07) is 11.6. The van der Waals surface area contributed by atoms with Crippen molar-refractivity contribution in [1.29, 1.82) is 0 Å². The van der Waals surface area contributed by atoms with Crippen LogP contribution in [0.25, 0.3) is 5.69 Å². The summed E-state index contributed by atoms with van der Waals surface area (Å²) in [5, 5.41) is 13.5. The summed E-state index contributed by atoms with van der Waals surface area (Å²) in [7, 11) is 0. The molecule has 0 bridgehead atoms. The molecule has 146 valence electrons. The van der Waals surface area contributed by atoms with Crippen LogP contribution in [0.4, 0.5) is 4.39 Å². The van der Waals surface area contributed by atoms with E-state index in [4.69, 9.17) is 4.74 Å². The van der Waals surface area contributed by atoms with Gasteiger partial charge in [-0.3, -0.25) is 4.57 Å². The number of carbonyl (C=O) groups is 1. The highest BCUT2D eigenvalue weighted by molar-refractivity contribution is 14.1. The van der Waals surface area contributed by atoms with Gasteiger partial charge >= 0.3 is 11.7 Å². The third kappa shape index (κ3) is 4.14. The van der Waals surface area contributed by atoms with Crippen molar-refractivity contribution in [3.8, 4) is 5.69 Å². The highest BCUT2D eigenvalue weighted by Gasteiger charge is 2.20. The Morgan fingerprint density at radius 1 is 1.25 bits per heavy atom. The van der Waals surface area contributed by atoms with Gasteiger partial charge in [0.1, 0.15) is 12.4 Å². The summed E-state index contributed by atoms with van der Waals surface area (Å²) >= 11 is 1.77. The van der Waals surface area contributed by atoms with Gasteiger partial charge in [0.15, 0.2) is 5.82 Å². The zero-order valence-corrected chi connectivity index (χ0v) is 17.1. The molecule has 0 amide bonds. The van der Waals surface area contributed by atoms with Crippen molar-refractivity contribution in [3.63, 3.8) is 0 Å².